The molecule has 10 heteroatoms. The predicted molar refractivity (Wildman–Crippen MR) is 96.3 cm³/mol. The molecule has 28 heavy (non-hydrogen) atoms. The second-order valence-electron chi connectivity index (χ2n) is 5.85. The van der Waals surface area contributed by atoms with Crippen LogP contribution < -0.4 is 4.90 Å². The van der Waals surface area contributed by atoms with Gasteiger partial charge in [0, 0.05) is 25.2 Å². The minimum Gasteiger partial charge on any atom is -0.316 e. The van der Waals surface area contributed by atoms with E-state index in [1.807, 2.05) is 0 Å². The van der Waals surface area contributed by atoms with Gasteiger partial charge in [-0.2, -0.15) is 13.2 Å². The summed E-state index contributed by atoms with van der Waals surface area (Å²) in [5, 5.41) is -0.0257. The Hall–Kier alpha value is -3.01. The molecule has 0 radical (unpaired) electrons. The minimum atomic E-state index is -4.55. The number of alkyl halides is 3. The van der Waals surface area contributed by atoms with Crippen molar-refractivity contribution in [2.24, 2.45) is 7.05 Å². The molecule has 6 nitrogen and oxygen atoms in total. The summed E-state index contributed by atoms with van der Waals surface area (Å²) in [5.74, 6) is -0.421. The summed E-state index contributed by atoms with van der Waals surface area (Å²) in [7, 11) is 1.05. The molecule has 146 valence electrons. The number of benzene rings is 1. The summed E-state index contributed by atoms with van der Waals surface area (Å²) >= 11 is 0. The van der Waals surface area contributed by atoms with Crippen molar-refractivity contribution in [2.45, 2.75) is 16.2 Å². The number of imidazole rings is 1. The fourth-order valence-corrected chi connectivity index (χ4v) is 3.64. The summed E-state index contributed by atoms with van der Waals surface area (Å²) < 4.78 is 52.8. The zero-order valence-corrected chi connectivity index (χ0v) is 15.7. The number of hydrogen-bond donors (Lipinski definition) is 0. The monoisotopic (exact) mass is 408 g/mol. The zero-order valence-electron chi connectivity index (χ0n) is 14.8. The molecule has 0 aliphatic carbocycles. The number of nitrogens with zero attached hydrogens (tertiary/aromatic N) is 4. The molecule has 0 fully saturated rings. The van der Waals surface area contributed by atoms with Crippen LogP contribution in [-0.4, -0.2) is 31.7 Å². The normalized spacial score (nSPS) is 12.6. The lowest BCUT2D eigenvalue weighted by Gasteiger charge is -2.17. The van der Waals surface area contributed by atoms with Crippen LogP contribution in [0, 0.1) is 0 Å². The van der Waals surface area contributed by atoms with E-state index in [0.29, 0.717) is 5.69 Å². The fraction of sp³-hybridized carbons (Fsp3) is 0.167. The summed E-state index contributed by atoms with van der Waals surface area (Å²) in [6.45, 7) is 0. The number of amides is 1. The van der Waals surface area contributed by atoms with Gasteiger partial charge in [-0.1, -0.05) is 6.07 Å². The highest BCUT2D eigenvalue weighted by atomic mass is 32.2. The molecule has 2 aromatic heterocycles. The number of aromatic nitrogens is 3. The molecule has 0 saturated carbocycles. The molecule has 0 aliphatic heterocycles. The van der Waals surface area contributed by atoms with Crippen LogP contribution in [0.3, 0.4) is 0 Å². The standard InChI is InChI=1S/C18H15F3N4O2S/c1-24(13-6-4-8-22-10-13)16(26)15-11-23-17(25(15)2)28(27)14-7-3-5-12(9-14)18(19,20)21/h3-11H,1-2H3. The number of rotatable bonds is 4. The number of carbonyl (C=O) groups excluding carboxylic acids is 1. The average molecular weight is 408 g/mol. The van der Waals surface area contributed by atoms with Crippen molar-refractivity contribution in [1.29, 1.82) is 0 Å². The van der Waals surface area contributed by atoms with Crippen molar-refractivity contribution in [3.8, 4) is 0 Å². The van der Waals surface area contributed by atoms with Crippen molar-refractivity contribution >= 4 is 22.4 Å². The van der Waals surface area contributed by atoms with Crippen LogP contribution >= 0.6 is 0 Å². The largest absolute Gasteiger partial charge is 0.416 e. The first-order chi connectivity index (χ1) is 13.2. The molecule has 3 rings (SSSR count). The molecule has 0 aliphatic rings. The Kier molecular flexibility index (Phi) is 5.32. The van der Waals surface area contributed by atoms with Crippen LogP contribution in [0.1, 0.15) is 16.1 Å². The van der Waals surface area contributed by atoms with Crippen molar-refractivity contribution in [3.05, 3.63) is 66.2 Å². The smallest absolute Gasteiger partial charge is 0.316 e. The van der Waals surface area contributed by atoms with Crippen LogP contribution in [0.2, 0.25) is 0 Å². The first-order valence-corrected chi connectivity index (χ1v) is 9.14. The Morgan fingerprint density at radius 1 is 1.18 bits per heavy atom. The summed E-state index contributed by atoms with van der Waals surface area (Å²) in [5.41, 5.74) is -0.212. The summed E-state index contributed by atoms with van der Waals surface area (Å²) in [6.07, 6.45) is -0.219. The number of pyridine rings is 1. The van der Waals surface area contributed by atoms with Gasteiger partial charge in [0.05, 0.1) is 23.6 Å². The number of halogens is 3. The van der Waals surface area contributed by atoms with Crippen LogP contribution in [0.5, 0.6) is 0 Å². The molecule has 2 heterocycles. The van der Waals surface area contributed by atoms with Gasteiger partial charge < -0.3 is 9.47 Å². The highest BCUT2D eigenvalue weighted by Crippen LogP contribution is 2.31. The van der Waals surface area contributed by atoms with Gasteiger partial charge in [0.25, 0.3) is 5.91 Å². The highest BCUT2D eigenvalue weighted by molar-refractivity contribution is 7.85. The first-order valence-electron chi connectivity index (χ1n) is 7.99. The molecular formula is C18H15F3N4O2S. The highest BCUT2D eigenvalue weighted by Gasteiger charge is 2.31. The van der Waals surface area contributed by atoms with E-state index in [2.05, 4.69) is 9.97 Å². The van der Waals surface area contributed by atoms with Gasteiger partial charge in [-0.05, 0) is 30.3 Å². The van der Waals surface area contributed by atoms with Gasteiger partial charge in [0.1, 0.15) is 16.5 Å². The van der Waals surface area contributed by atoms with E-state index < -0.39 is 28.4 Å². The van der Waals surface area contributed by atoms with Gasteiger partial charge in [-0.25, -0.2) is 9.19 Å². The Morgan fingerprint density at radius 3 is 2.57 bits per heavy atom. The third-order valence-corrected chi connectivity index (χ3v) is 5.44. The number of anilines is 1. The molecule has 0 saturated heterocycles. The van der Waals surface area contributed by atoms with Crippen molar-refractivity contribution in [1.82, 2.24) is 14.5 Å². The summed E-state index contributed by atoms with van der Waals surface area (Å²) in [4.78, 5) is 22.0. The van der Waals surface area contributed by atoms with Crippen molar-refractivity contribution < 1.29 is 22.2 Å². The SMILES string of the molecule is CN(C(=O)c1cnc(S(=O)c2cccc(C(F)(F)F)c2)n1C)c1cccnc1. The lowest BCUT2D eigenvalue weighted by Crippen LogP contribution is -2.28. The van der Waals surface area contributed by atoms with Crippen LogP contribution in [0.4, 0.5) is 18.9 Å². The topological polar surface area (TPSA) is 68.1 Å². The molecule has 0 N–H and O–H groups in total. The van der Waals surface area contributed by atoms with Crippen molar-refractivity contribution in [2.75, 3.05) is 11.9 Å². The lowest BCUT2D eigenvalue weighted by atomic mass is 10.2. The molecule has 1 atom stereocenters. The molecule has 0 bridgehead atoms. The van der Waals surface area contributed by atoms with Gasteiger partial charge >= 0.3 is 6.18 Å². The Morgan fingerprint density at radius 2 is 1.93 bits per heavy atom. The maximum absolute atomic E-state index is 12.9. The molecule has 1 amide bonds. The molecular weight excluding hydrogens is 393 g/mol. The van der Waals surface area contributed by atoms with Gasteiger partial charge in [-0.3, -0.25) is 9.78 Å². The van der Waals surface area contributed by atoms with Crippen LogP contribution in [0.25, 0.3) is 0 Å². The zero-order chi connectivity index (χ0) is 20.5. The quantitative estimate of drug-likeness (QED) is 0.665. The van der Waals surface area contributed by atoms with E-state index in [9.17, 15) is 22.2 Å². The third-order valence-electron chi connectivity index (χ3n) is 4.04. The van der Waals surface area contributed by atoms with Crippen LogP contribution in [-0.2, 0) is 24.0 Å². The average Bonchev–Trinajstić information content (AvgIpc) is 3.07. The molecule has 1 aromatic carbocycles. The van der Waals surface area contributed by atoms with E-state index in [4.69, 9.17) is 0 Å². The van der Waals surface area contributed by atoms with Crippen molar-refractivity contribution in [3.63, 3.8) is 0 Å². The molecule has 3 aromatic rings. The van der Waals surface area contributed by atoms with Crippen LogP contribution in [0.15, 0.2) is 65.0 Å². The maximum Gasteiger partial charge on any atom is 0.416 e. The van der Waals surface area contributed by atoms with E-state index >= 15 is 0 Å². The van der Waals surface area contributed by atoms with Gasteiger partial charge in [0.2, 0.25) is 5.16 Å². The molecule has 0 spiro atoms. The predicted octanol–water partition coefficient (Wildman–Crippen LogP) is 3.28. The van der Waals surface area contributed by atoms with E-state index in [0.717, 1.165) is 12.1 Å². The van der Waals surface area contributed by atoms with E-state index in [1.165, 1.54) is 41.0 Å². The second-order valence-corrected chi connectivity index (χ2v) is 7.23. The minimum absolute atomic E-state index is 0.0257. The fourth-order valence-electron chi connectivity index (χ4n) is 2.50. The molecule has 1 unspecified atom stereocenters. The Bertz CT molecular complexity index is 1030. The Labute approximate surface area is 161 Å². The number of hydrogen-bond acceptors (Lipinski definition) is 4. The lowest BCUT2D eigenvalue weighted by molar-refractivity contribution is -0.137. The second kappa shape index (κ2) is 7.55. The summed E-state index contributed by atoms with van der Waals surface area (Å²) in [6, 6.07) is 7.59. The number of carbonyl (C=O) groups is 1. The first kappa shape index (κ1) is 19.7. The van der Waals surface area contributed by atoms with Gasteiger partial charge in [0.15, 0.2) is 0 Å². The van der Waals surface area contributed by atoms with Gasteiger partial charge in [-0.15, -0.1) is 0 Å². The Balaban J connectivity index is 1.91. The maximum atomic E-state index is 12.9. The third kappa shape index (κ3) is 3.81. The van der Waals surface area contributed by atoms with E-state index in [-0.39, 0.29) is 15.7 Å². The van der Waals surface area contributed by atoms with E-state index in [1.54, 1.807) is 25.4 Å².